The second-order valence-corrected chi connectivity index (χ2v) is 6.31. The van der Waals surface area contributed by atoms with Gasteiger partial charge >= 0.3 is 0 Å². The van der Waals surface area contributed by atoms with Crippen LogP contribution in [0.1, 0.15) is 38.4 Å². The molecule has 0 aliphatic heterocycles. The average molecular weight is 317 g/mol. The number of hydrogen-bond donors (Lipinski definition) is 2. The molecule has 3 rings (SSSR count). The zero-order valence-corrected chi connectivity index (χ0v) is 13.4. The van der Waals surface area contributed by atoms with Crippen molar-refractivity contribution >= 4 is 5.82 Å². The van der Waals surface area contributed by atoms with Crippen LogP contribution in [0.25, 0.3) is 0 Å². The van der Waals surface area contributed by atoms with Gasteiger partial charge in [-0.3, -0.25) is 4.98 Å². The molecule has 2 aromatic heterocycles. The normalized spacial score (nSPS) is 17.8. The van der Waals surface area contributed by atoms with Gasteiger partial charge in [-0.25, -0.2) is 0 Å². The fourth-order valence-electron chi connectivity index (χ4n) is 2.82. The molecule has 2 heterocycles. The highest BCUT2D eigenvalue weighted by molar-refractivity contribution is 5.34. The Hall–Kier alpha value is -2.08. The summed E-state index contributed by atoms with van der Waals surface area (Å²) in [7, 11) is 0. The van der Waals surface area contributed by atoms with E-state index in [1.165, 1.54) is 25.7 Å². The van der Waals surface area contributed by atoms with E-state index in [9.17, 15) is 5.11 Å². The molecule has 0 saturated heterocycles. The number of aromatic nitrogens is 2. The fourth-order valence-corrected chi connectivity index (χ4v) is 2.82. The van der Waals surface area contributed by atoms with E-state index in [1.807, 2.05) is 0 Å². The maximum Gasteiger partial charge on any atom is 0.234 e. The Morgan fingerprint density at radius 3 is 2.96 bits per heavy atom. The van der Waals surface area contributed by atoms with Gasteiger partial charge in [-0.2, -0.15) is 4.98 Å². The Morgan fingerprint density at radius 2 is 2.22 bits per heavy atom. The monoisotopic (exact) mass is 317 g/mol. The lowest BCUT2D eigenvalue weighted by Crippen LogP contribution is -2.30. The number of aliphatic hydroxyl groups is 1. The average Bonchev–Trinajstić information content (AvgIpc) is 3.25. The first-order valence-electron chi connectivity index (χ1n) is 8.08. The molecule has 23 heavy (non-hydrogen) atoms. The lowest BCUT2D eigenvalue weighted by atomic mass is 10.0. The minimum atomic E-state index is -1.12. The molecular weight excluding hydrogens is 294 g/mol. The first-order valence-corrected chi connectivity index (χ1v) is 8.08. The summed E-state index contributed by atoms with van der Waals surface area (Å²) in [5, 5.41) is 13.5. The molecule has 1 unspecified atom stereocenters. The van der Waals surface area contributed by atoms with Gasteiger partial charge in [0.25, 0.3) is 0 Å². The molecule has 1 saturated carbocycles. The number of ether oxygens (including phenoxy) is 1. The largest absolute Gasteiger partial charge is 0.476 e. The summed E-state index contributed by atoms with van der Waals surface area (Å²) in [6.07, 6.45) is 9.83. The smallest absolute Gasteiger partial charge is 0.234 e. The van der Waals surface area contributed by atoms with Crippen LogP contribution in [0.4, 0.5) is 5.82 Å². The van der Waals surface area contributed by atoms with Crippen molar-refractivity contribution in [3.05, 3.63) is 36.5 Å². The Balaban J connectivity index is 1.54. The van der Waals surface area contributed by atoms with Gasteiger partial charge in [0.2, 0.25) is 5.88 Å². The van der Waals surface area contributed by atoms with Crippen LogP contribution in [0.5, 0.6) is 5.88 Å². The molecule has 0 spiro atoms. The third-order valence-electron chi connectivity index (χ3n) is 4.22. The summed E-state index contributed by atoms with van der Waals surface area (Å²) >= 11 is 0. The van der Waals surface area contributed by atoms with Gasteiger partial charge in [0.05, 0.1) is 31.8 Å². The van der Waals surface area contributed by atoms with E-state index in [2.05, 4.69) is 15.3 Å². The Morgan fingerprint density at radius 1 is 1.39 bits per heavy atom. The van der Waals surface area contributed by atoms with Gasteiger partial charge in [0.15, 0.2) is 0 Å². The number of anilines is 1. The molecular formula is C17H23N3O3. The minimum Gasteiger partial charge on any atom is -0.476 e. The summed E-state index contributed by atoms with van der Waals surface area (Å²) < 4.78 is 11.0. The van der Waals surface area contributed by atoms with Crippen LogP contribution < -0.4 is 10.1 Å². The van der Waals surface area contributed by atoms with Gasteiger partial charge in [0, 0.05) is 0 Å². The Kier molecular flexibility index (Phi) is 4.81. The van der Waals surface area contributed by atoms with Crippen LogP contribution in [0.3, 0.4) is 0 Å². The highest BCUT2D eigenvalue weighted by Crippen LogP contribution is 2.25. The van der Waals surface area contributed by atoms with Crippen LogP contribution in [0, 0.1) is 5.92 Å². The van der Waals surface area contributed by atoms with Gasteiger partial charge in [0.1, 0.15) is 17.2 Å². The van der Waals surface area contributed by atoms with Crippen molar-refractivity contribution in [2.75, 3.05) is 18.5 Å². The van der Waals surface area contributed by atoms with Crippen LogP contribution in [0.2, 0.25) is 0 Å². The van der Waals surface area contributed by atoms with Gasteiger partial charge in [-0.1, -0.05) is 12.8 Å². The van der Waals surface area contributed by atoms with Crippen LogP contribution in [0.15, 0.2) is 35.2 Å². The number of nitrogens with zero attached hydrogens (tertiary/aromatic N) is 2. The summed E-state index contributed by atoms with van der Waals surface area (Å²) in [5.74, 6) is 2.22. The van der Waals surface area contributed by atoms with Crippen molar-refractivity contribution in [1.29, 1.82) is 0 Å². The van der Waals surface area contributed by atoms with E-state index < -0.39 is 5.60 Å². The van der Waals surface area contributed by atoms with Gasteiger partial charge in [-0.15, -0.1) is 0 Å². The molecule has 124 valence electrons. The third-order valence-corrected chi connectivity index (χ3v) is 4.22. The number of hydrogen-bond acceptors (Lipinski definition) is 6. The predicted molar refractivity (Wildman–Crippen MR) is 86.3 cm³/mol. The second-order valence-electron chi connectivity index (χ2n) is 6.31. The van der Waals surface area contributed by atoms with E-state index >= 15 is 0 Å². The fraction of sp³-hybridized carbons (Fsp3) is 0.529. The topological polar surface area (TPSA) is 80.4 Å². The van der Waals surface area contributed by atoms with E-state index in [4.69, 9.17) is 9.15 Å². The number of nitrogens with one attached hydrogen (secondary N) is 1. The predicted octanol–water partition coefficient (Wildman–Crippen LogP) is 2.96. The standard InChI is InChI=1S/C17H23N3O3/c1-17(21,14-7-4-8-22-14)12-19-15-9-18-10-16(20-15)23-11-13-5-2-3-6-13/h4,7-10,13,21H,2-3,5-6,11-12H2,1H3,(H,19,20). The van der Waals surface area contributed by atoms with Crippen molar-refractivity contribution in [2.24, 2.45) is 5.92 Å². The van der Waals surface area contributed by atoms with E-state index in [0.717, 1.165) is 0 Å². The maximum atomic E-state index is 10.4. The number of rotatable bonds is 7. The Bertz CT molecular complexity index is 607. The molecule has 0 bridgehead atoms. The summed E-state index contributed by atoms with van der Waals surface area (Å²) in [4.78, 5) is 8.52. The minimum absolute atomic E-state index is 0.265. The molecule has 0 amide bonds. The molecule has 0 aromatic carbocycles. The molecule has 1 aliphatic carbocycles. The van der Waals surface area contributed by atoms with E-state index in [-0.39, 0.29) is 6.54 Å². The van der Waals surface area contributed by atoms with E-state index in [0.29, 0.717) is 30.0 Å². The van der Waals surface area contributed by atoms with Crippen molar-refractivity contribution < 1.29 is 14.3 Å². The molecule has 2 aromatic rings. The van der Waals surface area contributed by atoms with Crippen LogP contribution in [-0.2, 0) is 5.60 Å². The second kappa shape index (κ2) is 7.00. The van der Waals surface area contributed by atoms with Crippen LogP contribution in [-0.4, -0.2) is 28.2 Å². The van der Waals surface area contributed by atoms with Crippen LogP contribution >= 0.6 is 0 Å². The third kappa shape index (κ3) is 4.22. The number of furan rings is 1. The summed E-state index contributed by atoms with van der Waals surface area (Å²) in [6, 6.07) is 3.50. The molecule has 6 heteroatoms. The first-order chi connectivity index (χ1) is 11.1. The zero-order chi connectivity index (χ0) is 16.1. The van der Waals surface area contributed by atoms with Crippen molar-refractivity contribution in [2.45, 2.75) is 38.2 Å². The molecule has 6 nitrogen and oxygen atoms in total. The summed E-state index contributed by atoms with van der Waals surface area (Å²) in [6.45, 7) is 2.65. The highest BCUT2D eigenvalue weighted by Gasteiger charge is 2.26. The van der Waals surface area contributed by atoms with Crippen molar-refractivity contribution in [3.63, 3.8) is 0 Å². The van der Waals surface area contributed by atoms with Gasteiger partial charge in [-0.05, 0) is 37.8 Å². The molecule has 1 fully saturated rings. The quantitative estimate of drug-likeness (QED) is 0.817. The van der Waals surface area contributed by atoms with Crippen molar-refractivity contribution in [3.8, 4) is 5.88 Å². The Labute approximate surface area is 135 Å². The van der Waals surface area contributed by atoms with E-state index in [1.54, 1.807) is 37.7 Å². The van der Waals surface area contributed by atoms with Gasteiger partial charge < -0.3 is 19.6 Å². The first kappa shape index (κ1) is 15.8. The molecule has 1 atom stereocenters. The lowest BCUT2D eigenvalue weighted by molar-refractivity contribution is 0.0475. The molecule has 0 radical (unpaired) electrons. The molecule has 1 aliphatic rings. The van der Waals surface area contributed by atoms with Crippen molar-refractivity contribution in [1.82, 2.24) is 9.97 Å². The highest BCUT2D eigenvalue weighted by atomic mass is 16.5. The SMILES string of the molecule is CC(O)(CNc1cncc(OCC2CCCC2)n1)c1ccco1. The zero-order valence-electron chi connectivity index (χ0n) is 13.4. The molecule has 2 N–H and O–H groups in total. The maximum absolute atomic E-state index is 10.4. The summed E-state index contributed by atoms with van der Waals surface area (Å²) in [5.41, 5.74) is -1.12. The lowest BCUT2D eigenvalue weighted by Gasteiger charge is -2.21.